The average molecular weight is 294 g/mol. The van der Waals surface area contributed by atoms with Crippen molar-refractivity contribution < 1.29 is 4.74 Å². The monoisotopic (exact) mass is 293 g/mol. The van der Waals surface area contributed by atoms with Crippen LogP contribution in [-0.2, 0) is 19.7 Å². The first-order valence-corrected chi connectivity index (χ1v) is 7.24. The van der Waals surface area contributed by atoms with Gasteiger partial charge in [0.15, 0.2) is 0 Å². The zero-order chi connectivity index (χ0) is 14.4. The Morgan fingerprint density at radius 2 is 2.20 bits per heavy atom. The summed E-state index contributed by atoms with van der Waals surface area (Å²) in [5, 5.41) is 8.16. The van der Waals surface area contributed by atoms with Crippen LogP contribution in [0.25, 0.3) is 0 Å². The number of rotatable bonds is 7. The van der Waals surface area contributed by atoms with E-state index < -0.39 is 0 Å². The number of para-hydroxylation sites is 1. The number of halogens is 1. The molecule has 5 heteroatoms. The predicted molar refractivity (Wildman–Crippen MR) is 81.1 cm³/mol. The Labute approximate surface area is 124 Å². The van der Waals surface area contributed by atoms with Crippen LogP contribution >= 0.6 is 11.6 Å². The smallest absolute Gasteiger partial charge is 0.142 e. The SMILES string of the molecule is CCNCc1cccc(Cl)c1OCc1cnn(CC)c1. The number of aryl methyl sites for hydroxylation is 1. The van der Waals surface area contributed by atoms with Crippen molar-refractivity contribution in [2.45, 2.75) is 33.5 Å². The predicted octanol–water partition coefficient (Wildman–Crippen LogP) is 3.24. The first-order valence-electron chi connectivity index (χ1n) is 6.86. The molecule has 1 aromatic heterocycles. The van der Waals surface area contributed by atoms with Crippen molar-refractivity contribution in [1.82, 2.24) is 15.1 Å². The molecule has 0 bridgehead atoms. The molecule has 0 unspecified atom stereocenters. The molecular formula is C15H20ClN3O. The Morgan fingerprint density at radius 3 is 2.90 bits per heavy atom. The fraction of sp³-hybridized carbons (Fsp3) is 0.400. The summed E-state index contributed by atoms with van der Waals surface area (Å²) >= 11 is 6.23. The van der Waals surface area contributed by atoms with Gasteiger partial charge in [-0.15, -0.1) is 0 Å². The van der Waals surface area contributed by atoms with E-state index >= 15 is 0 Å². The molecule has 0 radical (unpaired) electrons. The van der Waals surface area contributed by atoms with Gasteiger partial charge in [-0.25, -0.2) is 0 Å². The maximum atomic E-state index is 6.23. The fourth-order valence-electron chi connectivity index (χ4n) is 1.92. The first-order chi connectivity index (χ1) is 9.74. The third-order valence-corrected chi connectivity index (χ3v) is 3.31. The Morgan fingerprint density at radius 1 is 1.35 bits per heavy atom. The molecule has 1 aromatic carbocycles. The lowest BCUT2D eigenvalue weighted by Crippen LogP contribution is -2.13. The Hall–Kier alpha value is -1.52. The molecule has 20 heavy (non-hydrogen) atoms. The third kappa shape index (κ3) is 3.74. The molecule has 108 valence electrons. The minimum atomic E-state index is 0.475. The summed E-state index contributed by atoms with van der Waals surface area (Å²) in [5.74, 6) is 0.749. The van der Waals surface area contributed by atoms with E-state index in [9.17, 15) is 0 Å². The number of aromatic nitrogens is 2. The van der Waals surface area contributed by atoms with Crippen LogP contribution in [0, 0.1) is 0 Å². The summed E-state index contributed by atoms with van der Waals surface area (Å²) in [6, 6.07) is 5.82. The summed E-state index contributed by atoms with van der Waals surface area (Å²) in [4.78, 5) is 0. The summed E-state index contributed by atoms with van der Waals surface area (Å²) in [5.41, 5.74) is 2.11. The van der Waals surface area contributed by atoms with Gasteiger partial charge in [-0.3, -0.25) is 4.68 Å². The third-order valence-electron chi connectivity index (χ3n) is 3.01. The molecule has 4 nitrogen and oxygen atoms in total. The number of nitrogens with one attached hydrogen (secondary N) is 1. The molecule has 1 heterocycles. The van der Waals surface area contributed by atoms with Gasteiger partial charge in [0.2, 0.25) is 0 Å². The van der Waals surface area contributed by atoms with Gasteiger partial charge >= 0.3 is 0 Å². The van der Waals surface area contributed by atoms with Crippen molar-refractivity contribution in [3.05, 3.63) is 46.7 Å². The molecule has 0 saturated heterocycles. The highest BCUT2D eigenvalue weighted by Gasteiger charge is 2.09. The zero-order valence-corrected chi connectivity index (χ0v) is 12.7. The summed E-state index contributed by atoms with van der Waals surface area (Å²) in [6.45, 7) is 7.13. The average Bonchev–Trinajstić information content (AvgIpc) is 2.92. The molecule has 0 amide bonds. The molecule has 0 aliphatic rings. The molecule has 0 atom stereocenters. The van der Waals surface area contributed by atoms with E-state index in [1.807, 2.05) is 35.3 Å². The van der Waals surface area contributed by atoms with Crippen LogP contribution in [0.3, 0.4) is 0 Å². The van der Waals surface area contributed by atoms with E-state index in [0.717, 1.165) is 36.5 Å². The molecule has 0 spiro atoms. The van der Waals surface area contributed by atoms with Crippen LogP contribution in [0.2, 0.25) is 5.02 Å². The summed E-state index contributed by atoms with van der Waals surface area (Å²) in [6.07, 6.45) is 3.81. The zero-order valence-electron chi connectivity index (χ0n) is 11.9. The Kier molecular flexibility index (Phi) is 5.44. The highest BCUT2D eigenvalue weighted by Crippen LogP contribution is 2.29. The quantitative estimate of drug-likeness (QED) is 0.852. The van der Waals surface area contributed by atoms with Gasteiger partial charge in [0.1, 0.15) is 12.4 Å². The van der Waals surface area contributed by atoms with Gasteiger partial charge in [-0.1, -0.05) is 30.7 Å². The fourth-order valence-corrected chi connectivity index (χ4v) is 2.17. The highest BCUT2D eigenvalue weighted by molar-refractivity contribution is 6.32. The summed E-state index contributed by atoms with van der Waals surface area (Å²) in [7, 11) is 0. The maximum Gasteiger partial charge on any atom is 0.142 e. The Balaban J connectivity index is 2.07. The second kappa shape index (κ2) is 7.31. The second-order valence-electron chi connectivity index (χ2n) is 4.50. The number of hydrogen-bond acceptors (Lipinski definition) is 3. The van der Waals surface area contributed by atoms with Gasteiger partial charge < -0.3 is 10.1 Å². The van der Waals surface area contributed by atoms with Crippen molar-refractivity contribution in [2.24, 2.45) is 0 Å². The van der Waals surface area contributed by atoms with E-state index in [1.54, 1.807) is 0 Å². The molecule has 1 N–H and O–H groups in total. The van der Waals surface area contributed by atoms with Gasteiger partial charge in [0, 0.05) is 30.4 Å². The normalized spacial score (nSPS) is 10.8. The van der Waals surface area contributed by atoms with Crippen LogP contribution in [-0.4, -0.2) is 16.3 Å². The molecule has 0 aliphatic heterocycles. The highest BCUT2D eigenvalue weighted by atomic mass is 35.5. The van der Waals surface area contributed by atoms with Crippen LogP contribution < -0.4 is 10.1 Å². The largest absolute Gasteiger partial charge is 0.487 e. The standard InChI is InChI=1S/C15H20ClN3O/c1-3-17-9-13-6-5-7-14(16)15(13)20-11-12-8-18-19(4-2)10-12/h5-8,10,17H,3-4,9,11H2,1-2H3. The number of nitrogens with zero attached hydrogens (tertiary/aromatic N) is 2. The lowest BCUT2D eigenvalue weighted by Gasteiger charge is -2.12. The van der Waals surface area contributed by atoms with Gasteiger partial charge in [-0.05, 0) is 19.5 Å². The van der Waals surface area contributed by atoms with Gasteiger partial charge in [0.25, 0.3) is 0 Å². The Bertz CT molecular complexity index is 554. The molecule has 2 rings (SSSR count). The minimum Gasteiger partial charge on any atom is -0.487 e. The van der Waals surface area contributed by atoms with Gasteiger partial charge in [0.05, 0.1) is 11.2 Å². The molecular weight excluding hydrogens is 274 g/mol. The number of hydrogen-bond donors (Lipinski definition) is 1. The maximum absolute atomic E-state index is 6.23. The lowest BCUT2D eigenvalue weighted by molar-refractivity contribution is 0.302. The molecule has 0 saturated carbocycles. The first kappa shape index (κ1) is 14.9. The second-order valence-corrected chi connectivity index (χ2v) is 4.91. The van der Waals surface area contributed by atoms with Crippen LogP contribution in [0.15, 0.2) is 30.6 Å². The van der Waals surface area contributed by atoms with Crippen molar-refractivity contribution in [1.29, 1.82) is 0 Å². The van der Waals surface area contributed by atoms with Gasteiger partial charge in [-0.2, -0.15) is 5.10 Å². The van der Waals surface area contributed by atoms with Crippen molar-refractivity contribution >= 4 is 11.6 Å². The lowest BCUT2D eigenvalue weighted by atomic mass is 10.2. The molecule has 0 fully saturated rings. The van der Waals surface area contributed by atoms with E-state index in [1.165, 1.54) is 0 Å². The van der Waals surface area contributed by atoms with Crippen LogP contribution in [0.5, 0.6) is 5.75 Å². The van der Waals surface area contributed by atoms with Crippen molar-refractivity contribution in [2.75, 3.05) is 6.54 Å². The van der Waals surface area contributed by atoms with Crippen LogP contribution in [0.1, 0.15) is 25.0 Å². The van der Waals surface area contributed by atoms with E-state index in [-0.39, 0.29) is 0 Å². The molecule has 0 aliphatic carbocycles. The molecule has 2 aromatic rings. The van der Waals surface area contributed by atoms with E-state index in [0.29, 0.717) is 11.6 Å². The number of benzene rings is 1. The van der Waals surface area contributed by atoms with E-state index in [4.69, 9.17) is 16.3 Å². The van der Waals surface area contributed by atoms with Crippen molar-refractivity contribution in [3.8, 4) is 5.75 Å². The summed E-state index contributed by atoms with van der Waals surface area (Å²) < 4.78 is 7.76. The van der Waals surface area contributed by atoms with Crippen LogP contribution in [0.4, 0.5) is 0 Å². The van der Waals surface area contributed by atoms with Crippen molar-refractivity contribution in [3.63, 3.8) is 0 Å². The minimum absolute atomic E-state index is 0.475. The number of ether oxygens (including phenoxy) is 1. The topological polar surface area (TPSA) is 39.1 Å². The van der Waals surface area contributed by atoms with E-state index in [2.05, 4.69) is 24.3 Å².